The molecule has 0 saturated heterocycles. The molecule has 0 fully saturated rings. The Balaban J connectivity index is 1.74. The third kappa shape index (κ3) is 4.47. The maximum Gasteiger partial charge on any atom is 0.258 e. The van der Waals surface area contributed by atoms with Crippen LogP contribution in [0.25, 0.3) is 0 Å². The molecule has 0 saturated carbocycles. The first-order valence-electron chi connectivity index (χ1n) is 8.30. The Hall–Kier alpha value is -3.39. The van der Waals surface area contributed by atoms with Gasteiger partial charge in [-0.05, 0) is 55.0 Å². The number of sulfone groups is 1. The normalized spacial score (nSPS) is 11.1. The number of furan rings is 1. The molecule has 2 N–H and O–H groups in total. The van der Waals surface area contributed by atoms with Gasteiger partial charge in [-0.1, -0.05) is 6.07 Å². The number of anilines is 2. The van der Waals surface area contributed by atoms with Crippen LogP contribution < -0.4 is 10.6 Å². The average molecular weight is 398 g/mol. The zero-order valence-electron chi connectivity index (χ0n) is 15.2. The highest BCUT2D eigenvalue weighted by Gasteiger charge is 2.13. The second-order valence-corrected chi connectivity index (χ2v) is 8.27. The van der Waals surface area contributed by atoms with Gasteiger partial charge in [0.15, 0.2) is 9.84 Å². The molecule has 0 aliphatic carbocycles. The molecule has 144 valence electrons. The minimum absolute atomic E-state index is 0.0779. The highest BCUT2D eigenvalue weighted by atomic mass is 32.2. The molecule has 0 aliphatic heterocycles. The SMILES string of the molecule is Cc1cc(NC(=O)c2ccoc2)ccc1NC(=O)c1cccc(S(C)(=O)=O)c1. The van der Waals surface area contributed by atoms with E-state index in [4.69, 9.17) is 4.42 Å². The van der Waals surface area contributed by atoms with Crippen molar-refractivity contribution < 1.29 is 22.4 Å². The molecule has 28 heavy (non-hydrogen) atoms. The van der Waals surface area contributed by atoms with Crippen LogP contribution in [0.3, 0.4) is 0 Å². The number of carbonyl (C=O) groups excluding carboxylic acids is 2. The lowest BCUT2D eigenvalue weighted by atomic mass is 10.1. The van der Waals surface area contributed by atoms with E-state index in [0.29, 0.717) is 16.9 Å². The van der Waals surface area contributed by atoms with E-state index in [-0.39, 0.29) is 16.4 Å². The van der Waals surface area contributed by atoms with Gasteiger partial charge in [0, 0.05) is 23.2 Å². The molecule has 0 atom stereocenters. The number of hydrogen-bond acceptors (Lipinski definition) is 5. The first-order valence-corrected chi connectivity index (χ1v) is 10.2. The van der Waals surface area contributed by atoms with E-state index in [1.807, 2.05) is 0 Å². The van der Waals surface area contributed by atoms with Crippen LogP contribution in [-0.4, -0.2) is 26.5 Å². The summed E-state index contributed by atoms with van der Waals surface area (Å²) < 4.78 is 28.2. The lowest BCUT2D eigenvalue weighted by Crippen LogP contribution is -2.14. The van der Waals surface area contributed by atoms with E-state index in [2.05, 4.69) is 10.6 Å². The summed E-state index contributed by atoms with van der Waals surface area (Å²) in [6.45, 7) is 1.79. The Kier molecular flexibility index (Phi) is 5.32. The Morgan fingerprint density at radius 1 is 0.929 bits per heavy atom. The molecule has 0 radical (unpaired) electrons. The number of aryl methyl sites for hydroxylation is 1. The summed E-state index contributed by atoms with van der Waals surface area (Å²) in [7, 11) is -3.40. The van der Waals surface area contributed by atoms with E-state index in [9.17, 15) is 18.0 Å². The first kappa shape index (κ1) is 19.4. The summed E-state index contributed by atoms with van der Waals surface area (Å²) >= 11 is 0. The first-order chi connectivity index (χ1) is 13.2. The van der Waals surface area contributed by atoms with Gasteiger partial charge in [0.2, 0.25) is 0 Å². The molecule has 8 heteroatoms. The third-order valence-corrected chi connectivity index (χ3v) is 5.15. The Bertz CT molecular complexity index is 1140. The van der Waals surface area contributed by atoms with Crippen molar-refractivity contribution in [3.05, 3.63) is 77.7 Å². The van der Waals surface area contributed by atoms with Crippen LogP contribution in [0.5, 0.6) is 0 Å². The van der Waals surface area contributed by atoms with E-state index in [1.165, 1.54) is 30.7 Å². The molecule has 0 spiro atoms. The predicted octanol–water partition coefficient (Wildman–Crippen LogP) is 3.50. The largest absolute Gasteiger partial charge is 0.472 e. The molecule has 1 aromatic heterocycles. The van der Waals surface area contributed by atoms with Gasteiger partial charge in [0.1, 0.15) is 6.26 Å². The number of benzene rings is 2. The number of rotatable bonds is 5. The summed E-state index contributed by atoms with van der Waals surface area (Å²) in [5.41, 5.74) is 2.50. The molecule has 2 amide bonds. The van der Waals surface area contributed by atoms with Crippen LogP contribution in [0, 0.1) is 6.92 Å². The van der Waals surface area contributed by atoms with Crippen molar-refractivity contribution in [2.24, 2.45) is 0 Å². The predicted molar refractivity (Wildman–Crippen MR) is 105 cm³/mol. The van der Waals surface area contributed by atoms with Crippen molar-refractivity contribution in [2.75, 3.05) is 16.9 Å². The molecular weight excluding hydrogens is 380 g/mol. The van der Waals surface area contributed by atoms with Crippen molar-refractivity contribution >= 4 is 33.0 Å². The molecule has 0 aliphatic rings. The molecule has 0 unspecified atom stereocenters. The Morgan fingerprint density at radius 2 is 1.68 bits per heavy atom. The number of carbonyl (C=O) groups is 2. The Labute approximate surface area is 162 Å². The highest BCUT2D eigenvalue weighted by molar-refractivity contribution is 7.90. The lowest BCUT2D eigenvalue weighted by molar-refractivity contribution is 0.101. The fraction of sp³-hybridized carbons (Fsp3) is 0.100. The second-order valence-electron chi connectivity index (χ2n) is 6.25. The molecule has 2 aromatic carbocycles. The summed E-state index contributed by atoms with van der Waals surface area (Å²) in [6, 6.07) is 12.4. The van der Waals surface area contributed by atoms with Crippen molar-refractivity contribution in [2.45, 2.75) is 11.8 Å². The standard InChI is InChI=1S/C20H18N2O5S/c1-13-10-16(21-20(24)15-8-9-27-12-15)6-7-18(13)22-19(23)14-4-3-5-17(11-14)28(2,25)26/h3-12H,1-2H3,(H,21,24)(H,22,23). The van der Waals surface area contributed by atoms with E-state index >= 15 is 0 Å². The third-order valence-electron chi connectivity index (χ3n) is 4.04. The van der Waals surface area contributed by atoms with Gasteiger partial charge in [-0.3, -0.25) is 9.59 Å². The Morgan fingerprint density at radius 3 is 2.32 bits per heavy atom. The summed E-state index contributed by atoms with van der Waals surface area (Å²) in [5, 5.41) is 5.49. The van der Waals surface area contributed by atoms with Crippen LogP contribution in [0.1, 0.15) is 26.3 Å². The summed E-state index contributed by atoms with van der Waals surface area (Å²) in [5.74, 6) is -0.730. The van der Waals surface area contributed by atoms with Crippen LogP contribution in [-0.2, 0) is 9.84 Å². The average Bonchev–Trinajstić information content (AvgIpc) is 3.18. The summed E-state index contributed by atoms with van der Waals surface area (Å²) in [6.07, 6.45) is 3.85. The zero-order valence-corrected chi connectivity index (χ0v) is 16.0. The van der Waals surface area contributed by atoms with Crippen molar-refractivity contribution in [3.63, 3.8) is 0 Å². The van der Waals surface area contributed by atoms with Crippen LogP contribution in [0.4, 0.5) is 11.4 Å². The lowest BCUT2D eigenvalue weighted by Gasteiger charge is -2.11. The number of hydrogen-bond donors (Lipinski definition) is 2. The maximum atomic E-state index is 12.5. The quantitative estimate of drug-likeness (QED) is 0.684. The maximum absolute atomic E-state index is 12.5. The molecule has 3 rings (SSSR count). The number of nitrogens with one attached hydrogen (secondary N) is 2. The number of amides is 2. The van der Waals surface area contributed by atoms with Gasteiger partial charge in [0.05, 0.1) is 16.7 Å². The van der Waals surface area contributed by atoms with E-state index < -0.39 is 15.7 Å². The van der Waals surface area contributed by atoms with Gasteiger partial charge in [-0.25, -0.2) is 8.42 Å². The van der Waals surface area contributed by atoms with Crippen molar-refractivity contribution in [1.82, 2.24) is 0 Å². The second kappa shape index (κ2) is 7.69. The molecular formula is C20H18N2O5S. The topological polar surface area (TPSA) is 105 Å². The van der Waals surface area contributed by atoms with E-state index in [1.54, 1.807) is 37.3 Å². The smallest absolute Gasteiger partial charge is 0.258 e. The van der Waals surface area contributed by atoms with Crippen LogP contribution in [0.2, 0.25) is 0 Å². The molecule has 3 aromatic rings. The van der Waals surface area contributed by atoms with Crippen LogP contribution >= 0.6 is 0 Å². The van der Waals surface area contributed by atoms with Gasteiger partial charge in [-0.15, -0.1) is 0 Å². The minimum atomic E-state index is -3.40. The molecule has 1 heterocycles. The van der Waals surface area contributed by atoms with Crippen LogP contribution in [0.15, 0.2) is 70.4 Å². The van der Waals surface area contributed by atoms with Crippen molar-refractivity contribution in [3.8, 4) is 0 Å². The highest BCUT2D eigenvalue weighted by Crippen LogP contribution is 2.21. The minimum Gasteiger partial charge on any atom is -0.472 e. The van der Waals surface area contributed by atoms with Gasteiger partial charge >= 0.3 is 0 Å². The molecule has 7 nitrogen and oxygen atoms in total. The monoisotopic (exact) mass is 398 g/mol. The van der Waals surface area contributed by atoms with Gasteiger partial charge in [0.25, 0.3) is 11.8 Å². The zero-order chi connectivity index (χ0) is 20.3. The van der Waals surface area contributed by atoms with Gasteiger partial charge in [-0.2, -0.15) is 0 Å². The van der Waals surface area contributed by atoms with E-state index in [0.717, 1.165) is 11.8 Å². The van der Waals surface area contributed by atoms with Crippen molar-refractivity contribution in [1.29, 1.82) is 0 Å². The fourth-order valence-electron chi connectivity index (χ4n) is 2.54. The molecule has 0 bridgehead atoms. The van der Waals surface area contributed by atoms with Gasteiger partial charge < -0.3 is 15.1 Å². The summed E-state index contributed by atoms with van der Waals surface area (Å²) in [4.78, 5) is 24.6. The fourth-order valence-corrected chi connectivity index (χ4v) is 3.21.